The third-order valence-corrected chi connectivity index (χ3v) is 5.55. The Balaban J connectivity index is 1.73. The number of hydrogen-bond donors (Lipinski definition) is 1. The van der Waals surface area contributed by atoms with E-state index < -0.39 is 0 Å². The number of aryl methyl sites for hydroxylation is 1. The molecule has 1 fully saturated rings. The quantitative estimate of drug-likeness (QED) is 0.846. The Labute approximate surface area is 171 Å². The number of methoxy groups -OCH3 is 2. The molecule has 1 aromatic carbocycles. The molecule has 152 valence electrons. The van der Waals surface area contributed by atoms with E-state index in [0.717, 1.165) is 60.7 Å². The number of likely N-dealkylation sites (tertiary alicyclic amines) is 1. The molecular formula is C23H28N4O2. The number of nitrogens with zero attached hydrogens (tertiary/aromatic N) is 3. The summed E-state index contributed by atoms with van der Waals surface area (Å²) in [7, 11) is 3.29. The van der Waals surface area contributed by atoms with E-state index in [1.54, 1.807) is 14.2 Å². The van der Waals surface area contributed by atoms with Crippen LogP contribution >= 0.6 is 0 Å². The highest BCUT2D eigenvalue weighted by Crippen LogP contribution is 2.32. The van der Waals surface area contributed by atoms with Crippen molar-refractivity contribution in [3.8, 4) is 11.5 Å². The van der Waals surface area contributed by atoms with Gasteiger partial charge in [0.25, 0.3) is 0 Å². The molecule has 29 heavy (non-hydrogen) atoms. The monoisotopic (exact) mass is 392 g/mol. The SMILES string of the molecule is C=C(c1cc2n(n1)/C(c1ccc(OC)c(OC)c1)=C\C=C/CC2)N1CC[C@@H](N)C1. The third kappa shape index (κ3) is 3.80. The fraction of sp³-hybridized carbons (Fsp3) is 0.348. The molecule has 0 unspecified atom stereocenters. The first-order valence-electron chi connectivity index (χ1n) is 9.99. The lowest BCUT2D eigenvalue weighted by atomic mass is 10.1. The molecule has 0 spiro atoms. The third-order valence-electron chi connectivity index (χ3n) is 5.55. The van der Waals surface area contributed by atoms with Crippen molar-refractivity contribution in [2.45, 2.75) is 25.3 Å². The minimum atomic E-state index is 0.210. The lowest BCUT2D eigenvalue weighted by molar-refractivity contribution is 0.355. The first kappa shape index (κ1) is 19.3. The lowest BCUT2D eigenvalue weighted by Crippen LogP contribution is -2.25. The highest BCUT2D eigenvalue weighted by atomic mass is 16.5. The number of allylic oxidation sites excluding steroid dienone is 3. The van der Waals surface area contributed by atoms with Crippen molar-refractivity contribution in [3.05, 3.63) is 66.0 Å². The Kier molecular flexibility index (Phi) is 5.45. The van der Waals surface area contributed by atoms with Gasteiger partial charge in [0.2, 0.25) is 0 Å². The molecule has 0 aliphatic carbocycles. The summed E-state index contributed by atoms with van der Waals surface area (Å²) in [5, 5.41) is 4.94. The zero-order chi connectivity index (χ0) is 20.4. The summed E-state index contributed by atoms with van der Waals surface area (Å²) in [6, 6.07) is 8.30. The molecule has 3 heterocycles. The summed E-state index contributed by atoms with van der Waals surface area (Å²) in [5.74, 6) is 1.40. The molecule has 1 saturated heterocycles. The van der Waals surface area contributed by atoms with Crippen molar-refractivity contribution in [2.75, 3.05) is 27.3 Å². The van der Waals surface area contributed by atoms with E-state index >= 15 is 0 Å². The van der Waals surface area contributed by atoms with Crippen LogP contribution in [0.3, 0.4) is 0 Å². The Bertz CT molecular complexity index is 973. The fourth-order valence-corrected chi connectivity index (χ4v) is 3.91. The highest BCUT2D eigenvalue weighted by molar-refractivity contribution is 5.71. The second-order valence-corrected chi connectivity index (χ2v) is 7.46. The van der Waals surface area contributed by atoms with Crippen LogP contribution in [0.25, 0.3) is 11.4 Å². The summed E-state index contributed by atoms with van der Waals surface area (Å²) in [6.45, 7) is 6.07. The maximum atomic E-state index is 6.08. The summed E-state index contributed by atoms with van der Waals surface area (Å²) in [5.41, 5.74) is 11.1. The predicted octanol–water partition coefficient (Wildman–Crippen LogP) is 3.30. The molecule has 1 aromatic heterocycles. The van der Waals surface area contributed by atoms with Gasteiger partial charge in [-0.15, -0.1) is 0 Å². The van der Waals surface area contributed by atoms with Crippen LogP contribution in [0.1, 0.15) is 29.8 Å². The normalized spacial score (nSPS) is 21.6. The van der Waals surface area contributed by atoms with Crippen LogP contribution in [-0.4, -0.2) is 48.0 Å². The summed E-state index contributed by atoms with van der Waals surface area (Å²) >= 11 is 0. The average Bonchev–Trinajstić information content (AvgIpc) is 3.34. The van der Waals surface area contributed by atoms with Crippen LogP contribution in [0.15, 0.2) is 49.1 Å². The number of aromatic nitrogens is 2. The van der Waals surface area contributed by atoms with Crippen LogP contribution in [0, 0.1) is 0 Å². The molecule has 2 aromatic rings. The minimum absolute atomic E-state index is 0.210. The molecule has 2 aliphatic rings. The largest absolute Gasteiger partial charge is 0.493 e. The zero-order valence-corrected chi connectivity index (χ0v) is 17.1. The second-order valence-electron chi connectivity index (χ2n) is 7.46. The van der Waals surface area contributed by atoms with Gasteiger partial charge in [-0.2, -0.15) is 5.10 Å². The van der Waals surface area contributed by atoms with Crippen molar-refractivity contribution in [3.63, 3.8) is 0 Å². The van der Waals surface area contributed by atoms with E-state index in [2.05, 4.69) is 35.8 Å². The Hall–Kier alpha value is -2.99. The van der Waals surface area contributed by atoms with Gasteiger partial charge in [0.05, 0.1) is 25.6 Å². The van der Waals surface area contributed by atoms with Crippen molar-refractivity contribution in [1.82, 2.24) is 14.7 Å². The summed E-state index contributed by atoms with van der Waals surface area (Å²) in [4.78, 5) is 2.23. The summed E-state index contributed by atoms with van der Waals surface area (Å²) < 4.78 is 12.9. The van der Waals surface area contributed by atoms with Crippen LogP contribution < -0.4 is 15.2 Å². The Morgan fingerprint density at radius 3 is 2.76 bits per heavy atom. The average molecular weight is 393 g/mol. The molecule has 6 nitrogen and oxygen atoms in total. The predicted molar refractivity (Wildman–Crippen MR) is 116 cm³/mol. The number of rotatable bonds is 5. The number of nitrogens with two attached hydrogens (primary N) is 1. The van der Waals surface area contributed by atoms with Crippen LogP contribution in [0.2, 0.25) is 0 Å². The topological polar surface area (TPSA) is 65.5 Å². The van der Waals surface area contributed by atoms with Gasteiger partial charge in [0.15, 0.2) is 11.5 Å². The molecule has 6 heteroatoms. The highest BCUT2D eigenvalue weighted by Gasteiger charge is 2.24. The minimum Gasteiger partial charge on any atom is -0.493 e. The van der Waals surface area contributed by atoms with E-state index in [1.807, 2.05) is 22.9 Å². The van der Waals surface area contributed by atoms with Crippen molar-refractivity contribution >= 4 is 11.4 Å². The van der Waals surface area contributed by atoms with Crippen LogP contribution in [0.5, 0.6) is 11.5 Å². The van der Waals surface area contributed by atoms with Gasteiger partial charge in [-0.3, -0.25) is 0 Å². The van der Waals surface area contributed by atoms with Crippen molar-refractivity contribution < 1.29 is 9.47 Å². The van der Waals surface area contributed by atoms with Gasteiger partial charge in [0.1, 0.15) is 5.69 Å². The molecule has 2 aliphatic heterocycles. The zero-order valence-electron chi connectivity index (χ0n) is 17.1. The molecule has 0 radical (unpaired) electrons. The maximum absolute atomic E-state index is 6.08. The van der Waals surface area contributed by atoms with Gasteiger partial charge >= 0.3 is 0 Å². The standard InChI is InChI=1S/C23H28N4O2/c1-16(26-12-11-18(24)15-26)20-14-19-7-5-4-6-8-21(27(19)25-20)17-9-10-22(28-2)23(13-17)29-3/h4,6,8-10,13-14,18H,1,5,7,11-12,15,24H2,2-3H3/b6-4-,21-8-/t18-/m1/s1. The van der Waals surface area contributed by atoms with Crippen LogP contribution in [0.4, 0.5) is 0 Å². The molecule has 0 amide bonds. The van der Waals surface area contributed by atoms with Gasteiger partial charge < -0.3 is 20.1 Å². The van der Waals surface area contributed by atoms with Gasteiger partial charge in [0, 0.05) is 30.4 Å². The molecule has 2 N–H and O–H groups in total. The number of benzene rings is 1. The smallest absolute Gasteiger partial charge is 0.161 e. The molecule has 0 bridgehead atoms. The Morgan fingerprint density at radius 1 is 1.21 bits per heavy atom. The van der Waals surface area contributed by atoms with Crippen molar-refractivity contribution in [1.29, 1.82) is 0 Å². The molecule has 1 atom stereocenters. The van der Waals surface area contributed by atoms with Gasteiger partial charge in [-0.05, 0) is 49.6 Å². The van der Waals surface area contributed by atoms with E-state index in [-0.39, 0.29) is 6.04 Å². The number of hydrogen-bond acceptors (Lipinski definition) is 5. The lowest BCUT2D eigenvalue weighted by Gasteiger charge is -2.19. The van der Waals surface area contributed by atoms with E-state index in [4.69, 9.17) is 20.3 Å². The Morgan fingerprint density at radius 2 is 2.03 bits per heavy atom. The molecular weight excluding hydrogens is 364 g/mol. The first-order valence-corrected chi connectivity index (χ1v) is 9.99. The number of fused-ring (bicyclic) bond motifs is 1. The maximum Gasteiger partial charge on any atom is 0.161 e. The van der Waals surface area contributed by atoms with Crippen LogP contribution in [-0.2, 0) is 6.42 Å². The van der Waals surface area contributed by atoms with E-state index in [0.29, 0.717) is 11.5 Å². The van der Waals surface area contributed by atoms with Crippen molar-refractivity contribution in [2.24, 2.45) is 5.73 Å². The van der Waals surface area contributed by atoms with E-state index in [1.165, 1.54) is 0 Å². The number of ether oxygens (including phenoxy) is 2. The summed E-state index contributed by atoms with van der Waals surface area (Å²) in [6.07, 6.45) is 9.25. The molecule has 0 saturated carbocycles. The van der Waals surface area contributed by atoms with Gasteiger partial charge in [-0.25, -0.2) is 4.68 Å². The molecule has 4 rings (SSSR count). The second kappa shape index (κ2) is 8.17. The fourth-order valence-electron chi connectivity index (χ4n) is 3.91. The van der Waals surface area contributed by atoms with E-state index in [9.17, 15) is 0 Å². The first-order chi connectivity index (χ1) is 14.1. The van der Waals surface area contributed by atoms with Gasteiger partial charge in [-0.1, -0.05) is 18.7 Å².